The van der Waals surface area contributed by atoms with Gasteiger partial charge in [0.2, 0.25) is 5.91 Å². The normalized spacial score (nSPS) is 12.6. The van der Waals surface area contributed by atoms with Gasteiger partial charge in [-0.15, -0.1) is 0 Å². The summed E-state index contributed by atoms with van der Waals surface area (Å²) in [4.78, 5) is 25.0. The largest absolute Gasteiger partial charge is 0.465 e. The average molecular weight is 497 g/mol. The molecule has 36 heavy (non-hydrogen) atoms. The maximum Gasteiger partial charge on any atom is 0.337 e. The van der Waals surface area contributed by atoms with Crippen LogP contribution in [0.1, 0.15) is 114 Å². The first-order valence-electron chi connectivity index (χ1n) is 13.6. The highest BCUT2D eigenvalue weighted by atomic mass is 16.5. The van der Waals surface area contributed by atoms with Crippen LogP contribution in [0.15, 0.2) is 42.0 Å². The van der Waals surface area contributed by atoms with Crippen molar-refractivity contribution >= 4 is 22.8 Å². The van der Waals surface area contributed by atoms with E-state index in [9.17, 15) is 9.59 Å². The number of esters is 1. The van der Waals surface area contributed by atoms with Gasteiger partial charge in [0.15, 0.2) is 0 Å². The van der Waals surface area contributed by atoms with Gasteiger partial charge in [-0.1, -0.05) is 77.3 Å². The Balaban J connectivity index is 0.00000316. The minimum Gasteiger partial charge on any atom is -0.465 e. The summed E-state index contributed by atoms with van der Waals surface area (Å²) in [6.45, 7) is 15.0. The molecule has 0 spiro atoms. The van der Waals surface area contributed by atoms with Crippen molar-refractivity contribution in [3.05, 3.63) is 58.8 Å². The van der Waals surface area contributed by atoms with Gasteiger partial charge in [-0.25, -0.2) is 4.79 Å². The molecule has 5 nitrogen and oxygen atoms in total. The highest BCUT2D eigenvalue weighted by Gasteiger charge is 2.28. The number of likely N-dealkylation sites (N-methyl/N-ethyl adjacent to an activating group) is 1. The second-order valence-electron chi connectivity index (χ2n) is 8.96. The molecule has 1 aromatic carbocycles. The molecule has 1 amide bonds. The van der Waals surface area contributed by atoms with E-state index in [0.717, 1.165) is 43.0 Å². The van der Waals surface area contributed by atoms with Crippen LogP contribution in [-0.2, 0) is 16.1 Å². The standard InChI is InChI=1S/C29H42N2O3.C2H6/c1-8-12-22(13-9-2)27-24-17-16-23(29(33)34-7)18-25(24)31(19-26(32)30-6)28(27)21(11-4)15-14-20(5)10-3;1-2/h10,14-18,21-22H,8-9,11-13,19H2,1-7H3,(H,30,32);1-2H3/b15-14-,20-10-;. The molecule has 1 aromatic heterocycles. The van der Waals surface area contributed by atoms with Crippen LogP contribution in [0.3, 0.4) is 0 Å². The molecule has 0 radical (unpaired) electrons. The topological polar surface area (TPSA) is 60.3 Å². The fraction of sp³-hybridized carbons (Fsp3) is 0.548. The molecular formula is C31H48N2O3. The molecule has 0 aliphatic carbocycles. The van der Waals surface area contributed by atoms with Gasteiger partial charge in [0.25, 0.3) is 0 Å². The molecule has 0 bridgehead atoms. The summed E-state index contributed by atoms with van der Waals surface area (Å²) in [5.74, 6) is 0.124. The molecule has 1 heterocycles. The van der Waals surface area contributed by atoms with Gasteiger partial charge in [-0.3, -0.25) is 4.79 Å². The van der Waals surface area contributed by atoms with E-state index in [1.54, 1.807) is 7.05 Å². The molecule has 1 N–H and O–H groups in total. The Morgan fingerprint density at radius 3 is 2.25 bits per heavy atom. The Morgan fingerprint density at radius 2 is 1.75 bits per heavy atom. The summed E-state index contributed by atoms with van der Waals surface area (Å²) in [5.41, 5.74) is 5.15. The number of fused-ring (bicyclic) bond motifs is 1. The quantitative estimate of drug-likeness (QED) is 0.240. The van der Waals surface area contributed by atoms with Gasteiger partial charge in [-0.2, -0.15) is 0 Å². The SMILES string of the molecule is C/C=C(C)\C=C/C(CC)c1c(C(CCC)CCC)c2ccc(C(=O)OC)cc2n1CC(=O)NC.CC. The zero-order valence-electron chi connectivity index (χ0n) is 24.0. The number of nitrogens with one attached hydrogen (secondary N) is 1. The Hall–Kier alpha value is -2.82. The summed E-state index contributed by atoms with van der Waals surface area (Å²) in [6.07, 6.45) is 11.8. The Bertz CT molecular complexity index is 1040. The predicted octanol–water partition coefficient (Wildman–Crippen LogP) is 7.90. The lowest BCUT2D eigenvalue weighted by Crippen LogP contribution is -2.25. The molecule has 2 rings (SSSR count). The minimum atomic E-state index is -0.369. The van der Waals surface area contributed by atoms with Crippen molar-refractivity contribution in [2.75, 3.05) is 14.2 Å². The number of hydrogen-bond donors (Lipinski definition) is 1. The smallest absolute Gasteiger partial charge is 0.337 e. The molecule has 0 saturated heterocycles. The Morgan fingerprint density at radius 1 is 1.11 bits per heavy atom. The molecule has 0 aliphatic rings. The van der Waals surface area contributed by atoms with Gasteiger partial charge in [0, 0.05) is 29.6 Å². The van der Waals surface area contributed by atoms with Crippen LogP contribution in [0.4, 0.5) is 0 Å². The van der Waals surface area contributed by atoms with E-state index in [-0.39, 0.29) is 24.3 Å². The van der Waals surface area contributed by atoms with E-state index in [1.807, 2.05) is 39.0 Å². The molecule has 0 fully saturated rings. The Kier molecular flexibility index (Phi) is 13.9. The number of nitrogens with zero attached hydrogens (tertiary/aromatic N) is 1. The summed E-state index contributed by atoms with van der Waals surface area (Å²) >= 11 is 0. The van der Waals surface area contributed by atoms with Gasteiger partial charge in [0.05, 0.1) is 12.7 Å². The van der Waals surface area contributed by atoms with Crippen molar-refractivity contribution in [3.8, 4) is 0 Å². The third-order valence-electron chi connectivity index (χ3n) is 6.67. The number of rotatable bonds is 12. The van der Waals surface area contributed by atoms with E-state index in [0.29, 0.717) is 11.5 Å². The van der Waals surface area contributed by atoms with Crippen LogP contribution in [0.2, 0.25) is 0 Å². The number of carbonyl (C=O) groups is 2. The lowest BCUT2D eigenvalue weighted by Gasteiger charge is -2.23. The van der Waals surface area contributed by atoms with E-state index >= 15 is 0 Å². The molecular weight excluding hydrogens is 448 g/mol. The molecule has 0 aliphatic heterocycles. The number of carbonyl (C=O) groups excluding carboxylic acids is 2. The van der Waals surface area contributed by atoms with Crippen LogP contribution in [0, 0.1) is 0 Å². The molecule has 200 valence electrons. The van der Waals surface area contributed by atoms with Gasteiger partial charge < -0.3 is 14.6 Å². The van der Waals surface area contributed by atoms with E-state index < -0.39 is 0 Å². The monoisotopic (exact) mass is 496 g/mol. The number of hydrogen-bond acceptors (Lipinski definition) is 3. The zero-order chi connectivity index (χ0) is 27.3. The average Bonchev–Trinajstić information content (AvgIpc) is 3.22. The number of allylic oxidation sites excluding steroid dienone is 4. The molecule has 2 aromatic rings. The molecule has 1 unspecified atom stereocenters. The maximum absolute atomic E-state index is 12.7. The van der Waals surface area contributed by atoms with Crippen LogP contribution in [0.5, 0.6) is 0 Å². The van der Waals surface area contributed by atoms with Gasteiger partial charge in [-0.05, 0) is 56.7 Å². The highest BCUT2D eigenvalue weighted by Crippen LogP contribution is 2.42. The first-order valence-corrected chi connectivity index (χ1v) is 13.6. The summed E-state index contributed by atoms with van der Waals surface area (Å²) in [7, 11) is 3.06. The summed E-state index contributed by atoms with van der Waals surface area (Å²) in [5, 5.41) is 3.91. The second-order valence-corrected chi connectivity index (χ2v) is 8.96. The van der Waals surface area contributed by atoms with Crippen LogP contribution in [0.25, 0.3) is 10.9 Å². The number of benzene rings is 1. The third kappa shape index (κ3) is 7.59. The van der Waals surface area contributed by atoms with E-state index in [2.05, 4.69) is 55.8 Å². The maximum atomic E-state index is 12.7. The third-order valence-corrected chi connectivity index (χ3v) is 6.67. The van der Waals surface area contributed by atoms with Crippen molar-refractivity contribution in [2.24, 2.45) is 0 Å². The van der Waals surface area contributed by atoms with Crippen LogP contribution in [-0.4, -0.2) is 30.6 Å². The number of methoxy groups -OCH3 is 1. The van der Waals surface area contributed by atoms with Crippen molar-refractivity contribution in [3.63, 3.8) is 0 Å². The van der Waals surface area contributed by atoms with E-state index in [1.165, 1.54) is 23.9 Å². The first kappa shape index (κ1) is 31.2. The van der Waals surface area contributed by atoms with Crippen molar-refractivity contribution in [2.45, 2.75) is 99.0 Å². The van der Waals surface area contributed by atoms with Crippen molar-refractivity contribution < 1.29 is 14.3 Å². The first-order chi connectivity index (χ1) is 17.4. The van der Waals surface area contributed by atoms with Gasteiger partial charge >= 0.3 is 5.97 Å². The van der Waals surface area contributed by atoms with Gasteiger partial charge in [0.1, 0.15) is 6.54 Å². The van der Waals surface area contributed by atoms with Crippen molar-refractivity contribution in [1.82, 2.24) is 9.88 Å². The second kappa shape index (κ2) is 16.0. The molecule has 1 atom stereocenters. The summed E-state index contributed by atoms with van der Waals surface area (Å²) in [6, 6.07) is 5.79. The molecule has 5 heteroatoms. The predicted molar refractivity (Wildman–Crippen MR) is 153 cm³/mol. The van der Waals surface area contributed by atoms with E-state index in [4.69, 9.17) is 4.74 Å². The number of amides is 1. The van der Waals surface area contributed by atoms with Crippen molar-refractivity contribution in [1.29, 1.82) is 0 Å². The highest BCUT2D eigenvalue weighted by molar-refractivity contribution is 5.97. The fourth-order valence-corrected chi connectivity index (χ4v) is 4.78. The number of aromatic nitrogens is 1. The molecule has 0 saturated carbocycles. The van der Waals surface area contributed by atoms with Crippen LogP contribution < -0.4 is 5.32 Å². The summed E-state index contributed by atoms with van der Waals surface area (Å²) < 4.78 is 7.13. The lowest BCUT2D eigenvalue weighted by atomic mass is 9.84. The fourth-order valence-electron chi connectivity index (χ4n) is 4.78. The van der Waals surface area contributed by atoms with Crippen LogP contribution >= 0.6 is 0 Å². The minimum absolute atomic E-state index is 0.0563. The lowest BCUT2D eigenvalue weighted by molar-refractivity contribution is -0.121. The number of ether oxygens (including phenoxy) is 1. The zero-order valence-corrected chi connectivity index (χ0v) is 24.0. The Labute approximate surface area is 219 Å².